The highest BCUT2D eigenvalue weighted by molar-refractivity contribution is 5.99. The van der Waals surface area contributed by atoms with Crippen LogP contribution in [0, 0.1) is 19.8 Å². The van der Waals surface area contributed by atoms with E-state index in [1.165, 1.54) is 0 Å². The van der Waals surface area contributed by atoms with Crippen molar-refractivity contribution >= 4 is 23.7 Å². The highest BCUT2D eigenvalue weighted by Crippen LogP contribution is 2.22. The largest absolute Gasteiger partial charge is 0.457 e. The maximum Gasteiger partial charge on any atom is 0.309 e. The van der Waals surface area contributed by atoms with E-state index in [0.717, 1.165) is 17.0 Å². The maximum atomic E-state index is 12.7. The van der Waals surface area contributed by atoms with Gasteiger partial charge in [0, 0.05) is 43.2 Å². The zero-order chi connectivity index (χ0) is 24.7. The molecule has 34 heavy (non-hydrogen) atoms. The number of likely N-dealkylation sites (tertiary alicyclic amines) is 1. The Kier molecular flexibility index (Phi) is 8.82. The molecule has 0 saturated carbocycles. The van der Waals surface area contributed by atoms with E-state index >= 15 is 0 Å². The van der Waals surface area contributed by atoms with Gasteiger partial charge in [-0.15, -0.1) is 0 Å². The average Bonchev–Trinajstić information content (AvgIpc) is 3.15. The summed E-state index contributed by atoms with van der Waals surface area (Å²) in [6.07, 6.45) is 4.42. The van der Waals surface area contributed by atoms with Gasteiger partial charge in [0.1, 0.15) is 0 Å². The third-order valence-corrected chi connectivity index (χ3v) is 6.34. The van der Waals surface area contributed by atoms with Gasteiger partial charge in [-0.25, -0.2) is 0 Å². The minimum Gasteiger partial charge on any atom is -0.457 e. The van der Waals surface area contributed by atoms with Crippen LogP contribution in [0.1, 0.15) is 53.1 Å². The summed E-state index contributed by atoms with van der Waals surface area (Å²) in [5, 5.41) is 0. The van der Waals surface area contributed by atoms with Gasteiger partial charge in [-0.2, -0.15) is 0 Å². The Bertz CT molecular complexity index is 1030. The minimum atomic E-state index is -0.373. The van der Waals surface area contributed by atoms with Gasteiger partial charge in [0.15, 0.2) is 6.61 Å². The second-order valence-electron chi connectivity index (χ2n) is 8.83. The summed E-state index contributed by atoms with van der Waals surface area (Å²) in [5.41, 5.74) is 3.35. The Balaban J connectivity index is 1.48. The van der Waals surface area contributed by atoms with Crippen LogP contribution in [-0.2, 0) is 19.1 Å². The summed E-state index contributed by atoms with van der Waals surface area (Å²) >= 11 is 0. The normalized spacial score (nSPS) is 15.5. The molecule has 1 atom stereocenters. The van der Waals surface area contributed by atoms with E-state index in [9.17, 15) is 14.4 Å². The lowest BCUT2D eigenvalue weighted by molar-refractivity contribution is -0.150. The van der Waals surface area contributed by atoms with Crippen molar-refractivity contribution in [3.05, 3.63) is 65.0 Å². The number of amides is 1. The Morgan fingerprint density at radius 3 is 2.44 bits per heavy atom. The van der Waals surface area contributed by atoms with Crippen molar-refractivity contribution in [1.29, 1.82) is 0 Å². The van der Waals surface area contributed by atoms with Crippen molar-refractivity contribution in [2.24, 2.45) is 5.92 Å². The molecule has 1 aliphatic heterocycles. The number of ketones is 1. The fourth-order valence-corrected chi connectivity index (χ4v) is 4.56. The van der Waals surface area contributed by atoms with E-state index in [4.69, 9.17) is 9.47 Å². The first-order valence-electron chi connectivity index (χ1n) is 11.7. The number of carbonyl (C=O) groups excluding carboxylic acids is 3. The van der Waals surface area contributed by atoms with Gasteiger partial charge >= 0.3 is 5.97 Å². The number of benzene rings is 1. The van der Waals surface area contributed by atoms with Crippen LogP contribution in [0.5, 0.6) is 0 Å². The van der Waals surface area contributed by atoms with Gasteiger partial charge in [-0.05, 0) is 51.3 Å². The van der Waals surface area contributed by atoms with Crippen LogP contribution in [0.4, 0.5) is 0 Å². The van der Waals surface area contributed by atoms with Gasteiger partial charge in [0.05, 0.1) is 18.6 Å². The van der Waals surface area contributed by atoms with Gasteiger partial charge in [0.25, 0.3) is 0 Å². The zero-order valence-electron chi connectivity index (χ0n) is 20.5. The maximum absolute atomic E-state index is 12.7. The summed E-state index contributed by atoms with van der Waals surface area (Å²) in [6.45, 7) is 7.13. The smallest absolute Gasteiger partial charge is 0.309 e. The topological polar surface area (TPSA) is 77.8 Å². The first kappa shape index (κ1) is 25.4. The number of aryl methyl sites for hydroxylation is 1. The number of esters is 1. The lowest BCUT2D eigenvalue weighted by Crippen LogP contribution is -2.40. The molecule has 3 rings (SSSR count). The summed E-state index contributed by atoms with van der Waals surface area (Å²) < 4.78 is 12.7. The standard InChI is InChI=1S/C27H34N2O5/c1-19-16-24(21(3)29(19)20(2)17-33-4)25(30)18-34-27(32)23-12-14-28(15-13-23)26(31)11-10-22-8-6-5-7-9-22/h5-11,16,20,23H,12-15,17-18H2,1-4H3/b11-10+. The molecule has 0 radical (unpaired) electrons. The first-order chi connectivity index (χ1) is 16.3. The number of aromatic nitrogens is 1. The van der Waals surface area contributed by atoms with E-state index in [0.29, 0.717) is 38.1 Å². The Labute approximate surface area is 201 Å². The molecular weight excluding hydrogens is 432 g/mol. The number of ether oxygens (including phenoxy) is 2. The van der Waals surface area contributed by atoms with Gasteiger partial charge < -0.3 is 18.9 Å². The highest BCUT2D eigenvalue weighted by atomic mass is 16.5. The van der Waals surface area contributed by atoms with Crippen LogP contribution >= 0.6 is 0 Å². The van der Waals surface area contributed by atoms with Crippen LogP contribution in [0.3, 0.4) is 0 Å². The summed E-state index contributed by atoms with van der Waals surface area (Å²) in [4.78, 5) is 39.5. The lowest BCUT2D eigenvalue weighted by atomic mass is 9.97. The van der Waals surface area contributed by atoms with Gasteiger partial charge in [-0.1, -0.05) is 30.3 Å². The molecule has 1 aromatic heterocycles. The monoisotopic (exact) mass is 466 g/mol. The molecule has 7 nitrogen and oxygen atoms in total. The highest BCUT2D eigenvalue weighted by Gasteiger charge is 2.28. The Morgan fingerprint density at radius 2 is 1.79 bits per heavy atom. The lowest BCUT2D eigenvalue weighted by Gasteiger charge is -2.30. The Hall–Kier alpha value is -3.19. The van der Waals surface area contributed by atoms with Crippen LogP contribution in [0.2, 0.25) is 0 Å². The fraction of sp³-hybridized carbons (Fsp3) is 0.444. The molecule has 1 saturated heterocycles. The number of carbonyl (C=O) groups is 3. The third kappa shape index (κ3) is 6.23. The zero-order valence-corrected chi connectivity index (χ0v) is 20.5. The molecule has 1 aliphatic rings. The molecule has 2 heterocycles. The van der Waals surface area contributed by atoms with Gasteiger partial charge in [-0.3, -0.25) is 14.4 Å². The summed E-state index contributed by atoms with van der Waals surface area (Å²) in [6, 6.07) is 11.6. The van der Waals surface area contributed by atoms with E-state index in [2.05, 4.69) is 4.57 Å². The van der Waals surface area contributed by atoms with Crippen LogP contribution in [-0.4, -0.2) is 60.5 Å². The molecule has 1 unspecified atom stereocenters. The average molecular weight is 467 g/mol. The number of hydrogen-bond acceptors (Lipinski definition) is 5. The van der Waals surface area contributed by atoms with Gasteiger partial charge in [0.2, 0.25) is 11.7 Å². The van der Waals surface area contributed by atoms with E-state index in [1.54, 1.807) is 24.2 Å². The molecule has 1 amide bonds. The molecule has 1 fully saturated rings. The fourth-order valence-electron chi connectivity index (χ4n) is 4.56. The number of Topliss-reactive ketones (excluding diaryl/α,β-unsaturated/α-hetero) is 1. The number of hydrogen-bond donors (Lipinski definition) is 0. The number of nitrogens with zero attached hydrogens (tertiary/aromatic N) is 2. The molecule has 182 valence electrons. The predicted molar refractivity (Wildman–Crippen MR) is 131 cm³/mol. The molecule has 0 N–H and O–H groups in total. The quantitative estimate of drug-likeness (QED) is 0.317. The van der Waals surface area contributed by atoms with Crippen LogP contribution in [0.25, 0.3) is 6.08 Å². The SMILES string of the molecule is COCC(C)n1c(C)cc(C(=O)COC(=O)C2CCN(C(=O)/C=C/c3ccccc3)CC2)c1C. The van der Waals surface area contributed by atoms with Crippen molar-refractivity contribution in [2.45, 2.75) is 39.7 Å². The van der Waals surface area contributed by atoms with Crippen molar-refractivity contribution in [3.8, 4) is 0 Å². The molecular formula is C27H34N2O5. The molecule has 2 aromatic rings. The summed E-state index contributed by atoms with van der Waals surface area (Å²) in [5.74, 6) is -0.953. The number of rotatable bonds is 9. The van der Waals surface area contributed by atoms with Crippen LogP contribution < -0.4 is 0 Å². The van der Waals surface area contributed by atoms with Crippen molar-refractivity contribution < 1.29 is 23.9 Å². The van der Waals surface area contributed by atoms with Crippen molar-refractivity contribution in [3.63, 3.8) is 0 Å². The second kappa shape index (κ2) is 11.8. The predicted octanol–water partition coefficient (Wildman–Crippen LogP) is 3.99. The van der Waals surface area contributed by atoms with Crippen molar-refractivity contribution in [2.75, 3.05) is 33.4 Å². The molecule has 0 aliphatic carbocycles. The second-order valence-corrected chi connectivity index (χ2v) is 8.83. The van der Waals surface area contributed by atoms with Crippen LogP contribution in [0.15, 0.2) is 42.5 Å². The first-order valence-corrected chi connectivity index (χ1v) is 11.7. The van der Waals surface area contributed by atoms with Crippen molar-refractivity contribution in [1.82, 2.24) is 9.47 Å². The third-order valence-electron chi connectivity index (χ3n) is 6.34. The molecule has 7 heteroatoms. The molecule has 0 spiro atoms. The summed E-state index contributed by atoms with van der Waals surface area (Å²) in [7, 11) is 1.65. The molecule has 1 aromatic carbocycles. The van der Waals surface area contributed by atoms with E-state index in [-0.39, 0.29) is 36.2 Å². The minimum absolute atomic E-state index is 0.0658. The molecule has 0 bridgehead atoms. The van der Waals surface area contributed by atoms with E-state index < -0.39 is 0 Å². The Morgan fingerprint density at radius 1 is 1.12 bits per heavy atom. The number of methoxy groups -OCH3 is 1. The number of piperidine rings is 1. The van der Waals surface area contributed by atoms with E-state index in [1.807, 2.05) is 57.2 Å².